The van der Waals surface area contributed by atoms with Crippen LogP contribution in [-0.2, 0) is 71.2 Å². The highest BCUT2D eigenvalue weighted by Crippen LogP contribution is 2.37. The predicted molar refractivity (Wildman–Crippen MR) is 249 cm³/mol. The number of rotatable bonds is 23. The topological polar surface area (TPSA) is 570 Å². The molecule has 81 heavy (non-hydrogen) atoms. The summed E-state index contributed by atoms with van der Waals surface area (Å²) in [7, 11) is 0. The van der Waals surface area contributed by atoms with Crippen molar-refractivity contribution in [3.05, 3.63) is 0 Å². The fourth-order valence-electron chi connectivity index (χ4n) is 9.84. The van der Waals surface area contributed by atoms with Crippen LogP contribution >= 0.6 is 0 Å². The Morgan fingerprint density at radius 2 is 1.02 bits per heavy atom. The SMILES string of the molecule is CC(=O)N[C@H]1[C@H](O[C@@H]([C@H](O[C@@H]2O[C@@H](C)[C@@H](O)[C@@H](O)[C@@H]2O)[C@H](C=O)NC(C)=O)[C@H](O)CO)O[C@H](CO)[C@@H](O[C@@H]2O[C@H](CO[C@H]3O[C@H](CO)[C@@H](O)[C@H](O)[C@@H]3O)[C@@H](O)[C@H](O[C@H]3O[C@H](CO)[C@@H](O)[C@H](O)[C@@H]3O)[C@@H]2O[C@@H]2OC[C@@H](O)[C@H](O)[C@H]2O)[C@@H]1O. The first-order valence-electron chi connectivity index (χ1n) is 25.6. The van der Waals surface area contributed by atoms with Crippen LogP contribution in [0.4, 0.5) is 0 Å². The van der Waals surface area contributed by atoms with Crippen LogP contribution in [0.3, 0.4) is 0 Å². The zero-order valence-corrected chi connectivity index (χ0v) is 43.5. The summed E-state index contributed by atoms with van der Waals surface area (Å²) in [6.07, 6.45) is -62.1. The minimum absolute atomic E-state index is 0.0786. The van der Waals surface area contributed by atoms with Gasteiger partial charge in [0, 0.05) is 13.8 Å². The van der Waals surface area contributed by atoms with E-state index in [-0.39, 0.29) is 6.29 Å². The Bertz CT molecular complexity index is 1970. The number of aliphatic hydroxyl groups excluding tert-OH is 19. The Morgan fingerprint density at radius 1 is 0.519 bits per heavy atom. The second-order valence-corrected chi connectivity index (χ2v) is 20.3. The number of aliphatic hydroxyl groups is 19. The molecule has 0 saturated carbocycles. The number of nitrogens with one attached hydrogen (secondary N) is 2. The average molecular weight is 1190 g/mol. The summed E-state index contributed by atoms with van der Waals surface area (Å²) in [5.41, 5.74) is 0. The number of hydrogen-bond donors (Lipinski definition) is 21. The van der Waals surface area contributed by atoms with Crippen LogP contribution in [0.15, 0.2) is 0 Å². The van der Waals surface area contributed by atoms with Crippen molar-refractivity contribution >= 4 is 18.1 Å². The molecular formula is C45H76N2O34. The minimum atomic E-state index is -2.30. The Balaban J connectivity index is 1.40. The fourth-order valence-corrected chi connectivity index (χ4v) is 9.84. The van der Waals surface area contributed by atoms with E-state index in [1.165, 1.54) is 6.92 Å². The van der Waals surface area contributed by atoms with Gasteiger partial charge in [-0.15, -0.1) is 0 Å². The van der Waals surface area contributed by atoms with Gasteiger partial charge >= 0.3 is 0 Å². The molecule has 6 aliphatic rings. The summed E-state index contributed by atoms with van der Waals surface area (Å²) in [5, 5.41) is 209. The third-order valence-corrected chi connectivity index (χ3v) is 14.4. The zero-order chi connectivity index (χ0) is 60.1. The first kappa shape index (κ1) is 67.5. The third-order valence-electron chi connectivity index (χ3n) is 14.4. The lowest BCUT2D eigenvalue weighted by Crippen LogP contribution is -2.70. The second kappa shape index (κ2) is 29.6. The molecule has 36 nitrogen and oxygen atoms in total. The molecule has 6 aliphatic heterocycles. The van der Waals surface area contributed by atoms with Crippen LogP contribution in [0.1, 0.15) is 20.8 Å². The van der Waals surface area contributed by atoms with Gasteiger partial charge < -0.3 is 169 Å². The molecule has 36 heteroatoms. The van der Waals surface area contributed by atoms with Crippen molar-refractivity contribution in [1.29, 1.82) is 0 Å². The molecule has 2 amide bonds. The first-order valence-corrected chi connectivity index (χ1v) is 25.6. The summed E-state index contributed by atoms with van der Waals surface area (Å²) >= 11 is 0. The zero-order valence-electron chi connectivity index (χ0n) is 43.5. The summed E-state index contributed by atoms with van der Waals surface area (Å²) in [5.74, 6) is -1.86. The third kappa shape index (κ3) is 15.3. The number of hydrogen-bond acceptors (Lipinski definition) is 34. The van der Waals surface area contributed by atoms with Crippen molar-refractivity contribution in [3.8, 4) is 0 Å². The first-order chi connectivity index (χ1) is 38.2. The van der Waals surface area contributed by atoms with Gasteiger partial charge in [0.05, 0.1) is 45.7 Å². The van der Waals surface area contributed by atoms with Gasteiger partial charge in [-0.2, -0.15) is 0 Å². The van der Waals surface area contributed by atoms with Gasteiger partial charge in [-0.05, 0) is 6.92 Å². The quantitative estimate of drug-likeness (QED) is 0.0423. The van der Waals surface area contributed by atoms with Crippen LogP contribution in [0.25, 0.3) is 0 Å². The molecule has 0 aromatic rings. The molecule has 0 spiro atoms. The number of amides is 2. The molecule has 0 radical (unpaired) electrons. The maximum atomic E-state index is 13.0. The number of aldehydes is 1. The lowest BCUT2D eigenvalue weighted by molar-refractivity contribution is -0.403. The average Bonchev–Trinajstić information content (AvgIpc) is 3.44. The monoisotopic (exact) mass is 1190 g/mol. The van der Waals surface area contributed by atoms with E-state index in [9.17, 15) is 111 Å². The van der Waals surface area contributed by atoms with Crippen molar-refractivity contribution in [2.45, 2.75) is 223 Å². The van der Waals surface area contributed by atoms with E-state index in [0.717, 1.165) is 13.8 Å². The van der Waals surface area contributed by atoms with Crippen LogP contribution < -0.4 is 10.6 Å². The van der Waals surface area contributed by atoms with Gasteiger partial charge in [-0.25, -0.2) is 0 Å². The second-order valence-electron chi connectivity index (χ2n) is 20.3. The fraction of sp³-hybridized carbons (Fsp3) is 0.933. The maximum absolute atomic E-state index is 13.0. The molecule has 33 atom stereocenters. The molecule has 0 aromatic carbocycles. The normalized spacial score (nSPS) is 46.7. The number of carbonyl (C=O) groups is 3. The molecule has 470 valence electrons. The van der Waals surface area contributed by atoms with E-state index in [0.29, 0.717) is 0 Å². The molecule has 6 heterocycles. The molecule has 6 fully saturated rings. The molecule has 0 aliphatic carbocycles. The Morgan fingerprint density at radius 3 is 1.59 bits per heavy atom. The van der Waals surface area contributed by atoms with Gasteiger partial charge in [0.15, 0.2) is 37.7 Å². The lowest BCUT2D eigenvalue weighted by Gasteiger charge is -2.51. The minimum Gasteiger partial charge on any atom is -0.394 e. The van der Waals surface area contributed by atoms with E-state index in [1.807, 2.05) is 0 Å². The number of ether oxygens (including phenoxy) is 12. The summed E-state index contributed by atoms with van der Waals surface area (Å²) in [6.45, 7) is -2.93. The van der Waals surface area contributed by atoms with E-state index >= 15 is 0 Å². The van der Waals surface area contributed by atoms with Gasteiger partial charge in [-0.3, -0.25) is 9.59 Å². The van der Waals surface area contributed by atoms with Crippen molar-refractivity contribution < 1.29 is 168 Å². The van der Waals surface area contributed by atoms with E-state index < -0.39 is 254 Å². The lowest BCUT2D eigenvalue weighted by atomic mass is 9.94. The van der Waals surface area contributed by atoms with Crippen molar-refractivity contribution in [2.24, 2.45) is 0 Å². The highest BCUT2D eigenvalue weighted by Gasteiger charge is 2.58. The standard InChI is InChI=1S/C45H76N2O34/c1-11-22(57)28(63)33(68)43(72-11)77-35(14(4-48)46-12(2)53)36(15(55)5-49)78-40-21(47-13(3)54)27(62)37(19(8-52)75-40)79-45-39(81-42-31(66)23(58)16(56)9-70-42)38(80-44-34(69)30(65)25(60)18(7-51)74-44)26(61)20(76-45)10-71-41-32(67)29(64)24(59)17(6-50)73-41/h4,11,14-45,49-52,55-69H,5-10H2,1-3H3,(H,46,53)(H,47,54)/t11-,14-,15+,16+,17+,18+,19+,20+,21+,22+,23-,24+,25+,26+,27+,28+,29-,30-,31+,32-,33-,34-,35+,36+,37+,38-,39-,40-,41-,42-,43-,44+,45-/m0/s1. The van der Waals surface area contributed by atoms with Crippen LogP contribution in [0, 0.1) is 0 Å². The Labute approximate surface area is 459 Å². The maximum Gasteiger partial charge on any atom is 0.217 e. The van der Waals surface area contributed by atoms with E-state index in [4.69, 9.17) is 56.8 Å². The molecule has 6 rings (SSSR count). The smallest absolute Gasteiger partial charge is 0.217 e. The Hall–Kier alpha value is -2.63. The number of carbonyl (C=O) groups excluding carboxylic acids is 3. The highest BCUT2D eigenvalue weighted by molar-refractivity contribution is 5.77. The van der Waals surface area contributed by atoms with Crippen LogP contribution in [0.2, 0.25) is 0 Å². The molecule has 21 N–H and O–H groups in total. The molecule has 0 bridgehead atoms. The van der Waals surface area contributed by atoms with Crippen LogP contribution in [0.5, 0.6) is 0 Å². The summed E-state index contributed by atoms with van der Waals surface area (Å²) in [6, 6.07) is -3.89. The summed E-state index contributed by atoms with van der Waals surface area (Å²) in [4.78, 5) is 38.0. The summed E-state index contributed by atoms with van der Waals surface area (Å²) < 4.78 is 70.1. The van der Waals surface area contributed by atoms with Gasteiger partial charge in [0.1, 0.15) is 165 Å². The molecular weight excluding hydrogens is 1110 g/mol. The van der Waals surface area contributed by atoms with E-state index in [1.54, 1.807) is 0 Å². The van der Waals surface area contributed by atoms with Crippen molar-refractivity contribution in [3.63, 3.8) is 0 Å². The molecule has 0 unspecified atom stereocenters. The largest absolute Gasteiger partial charge is 0.394 e. The van der Waals surface area contributed by atoms with Crippen molar-refractivity contribution in [1.82, 2.24) is 10.6 Å². The molecule has 6 saturated heterocycles. The Kier molecular flexibility index (Phi) is 24.7. The van der Waals surface area contributed by atoms with E-state index in [2.05, 4.69) is 10.6 Å². The highest BCUT2D eigenvalue weighted by atomic mass is 16.8. The molecule has 0 aromatic heterocycles. The predicted octanol–water partition coefficient (Wildman–Crippen LogP) is -14.5. The van der Waals surface area contributed by atoms with Gasteiger partial charge in [-0.1, -0.05) is 0 Å². The van der Waals surface area contributed by atoms with Gasteiger partial charge in [0.2, 0.25) is 11.8 Å². The van der Waals surface area contributed by atoms with Gasteiger partial charge in [0.25, 0.3) is 0 Å². The van der Waals surface area contributed by atoms with Crippen molar-refractivity contribution in [2.75, 3.05) is 39.6 Å². The van der Waals surface area contributed by atoms with Crippen LogP contribution in [-0.4, -0.2) is 357 Å².